The molecule has 1 aromatic carbocycles. The number of hydrogen-bond donors (Lipinski definition) is 0. The number of aryl methyl sites for hydroxylation is 1. The number of pyridine rings is 1. The van der Waals surface area contributed by atoms with Crippen LogP contribution in [0.2, 0.25) is 0 Å². The molecule has 0 saturated carbocycles. The summed E-state index contributed by atoms with van der Waals surface area (Å²) in [6, 6.07) is 12.9. The zero-order valence-electron chi connectivity index (χ0n) is 16.2. The first kappa shape index (κ1) is 27.1. The Kier molecular flexibility index (Phi) is 9.26. The number of alkyl halides is 6. The summed E-state index contributed by atoms with van der Waals surface area (Å²) < 4.78 is 112. The van der Waals surface area contributed by atoms with Crippen LogP contribution in [-0.2, 0) is 26.6 Å². The van der Waals surface area contributed by atoms with Gasteiger partial charge in [-0.25, -0.2) is 16.8 Å². The fraction of sp³-hybridized carbons (Fsp3) is 0.471. The molecule has 1 aromatic heterocycles. The van der Waals surface area contributed by atoms with Gasteiger partial charge in [0, 0.05) is 23.9 Å². The number of aromatic nitrogens is 1. The van der Waals surface area contributed by atoms with Gasteiger partial charge in [0.25, 0.3) is 0 Å². The van der Waals surface area contributed by atoms with Gasteiger partial charge in [0.15, 0.2) is 26.2 Å². The second-order valence-corrected chi connectivity index (χ2v) is 9.66. The summed E-state index contributed by atoms with van der Waals surface area (Å²) in [6.07, 6.45) is 7.47. The summed E-state index contributed by atoms with van der Waals surface area (Å²) in [5.74, 6) is 0. The van der Waals surface area contributed by atoms with Gasteiger partial charge in [-0.2, -0.15) is 30.9 Å². The largest absolute Gasteiger partial charge is 0.480 e. The minimum Gasteiger partial charge on any atom is -0.421 e. The van der Waals surface area contributed by atoms with E-state index in [0.29, 0.717) is 0 Å². The number of unbranched alkanes of at least 4 members (excludes halogenated alkanes) is 3. The first-order valence-electron chi connectivity index (χ1n) is 8.86. The molecular weight excluding hydrogens is 474 g/mol. The number of hydrogen-bond acceptors (Lipinski definition) is 4. The van der Waals surface area contributed by atoms with Crippen LogP contribution in [0.5, 0.6) is 0 Å². The van der Waals surface area contributed by atoms with E-state index in [0.717, 1.165) is 10.7 Å². The summed E-state index contributed by atoms with van der Waals surface area (Å²) in [5.41, 5.74) is -11.1. The molecule has 0 fully saturated rings. The number of fused-ring (bicyclic) bond motifs is 1. The van der Waals surface area contributed by atoms with E-state index in [1.54, 1.807) is 0 Å². The third kappa shape index (κ3) is 7.92. The van der Waals surface area contributed by atoms with Crippen molar-refractivity contribution in [2.24, 2.45) is 0 Å². The molecule has 0 saturated heterocycles. The summed E-state index contributed by atoms with van der Waals surface area (Å²) in [6.45, 7) is 3.40. The van der Waals surface area contributed by atoms with Crippen LogP contribution in [0.25, 0.3) is 15.0 Å². The van der Waals surface area contributed by atoms with E-state index in [1.807, 2.05) is 0 Å². The number of rotatable bonds is 7. The van der Waals surface area contributed by atoms with E-state index in [2.05, 4.69) is 54.1 Å². The second-order valence-electron chi connectivity index (χ2n) is 6.24. The number of nitrogens with zero attached hydrogens (tertiary/aromatic N) is 2. The van der Waals surface area contributed by atoms with Crippen LogP contribution in [0.4, 0.5) is 26.3 Å². The number of halogens is 6. The number of para-hydroxylation sites is 1. The predicted molar refractivity (Wildman–Crippen MR) is 102 cm³/mol. The van der Waals surface area contributed by atoms with E-state index >= 15 is 0 Å². The van der Waals surface area contributed by atoms with Crippen molar-refractivity contribution in [3.63, 3.8) is 0 Å². The molecule has 0 N–H and O–H groups in total. The van der Waals surface area contributed by atoms with Crippen molar-refractivity contribution in [2.75, 3.05) is 0 Å². The maximum absolute atomic E-state index is 11.4. The molecule has 14 heteroatoms. The minimum absolute atomic E-state index is 0.778. The number of sulfonamides is 2. The average molecular weight is 494 g/mol. The Balaban J connectivity index is 0.000000311. The summed E-state index contributed by atoms with van der Waals surface area (Å²) >= 11 is 0. The van der Waals surface area contributed by atoms with Crippen molar-refractivity contribution in [1.29, 1.82) is 0 Å². The van der Waals surface area contributed by atoms with E-state index in [4.69, 9.17) is 0 Å². The molecule has 0 aliphatic rings. The third-order valence-electron chi connectivity index (χ3n) is 3.82. The van der Waals surface area contributed by atoms with Crippen molar-refractivity contribution < 1.29 is 47.7 Å². The molecule has 0 radical (unpaired) electrons. The SMILES string of the molecule is CCCCCC[n+]1cccc2ccccc21.O=S(=O)([N-]S(=O)(=O)C(F)(F)F)C(F)(F)F. The van der Waals surface area contributed by atoms with Crippen LogP contribution in [0.15, 0.2) is 42.6 Å². The lowest BCUT2D eigenvalue weighted by molar-refractivity contribution is -0.671. The van der Waals surface area contributed by atoms with Crippen LogP contribution >= 0.6 is 0 Å². The molecule has 6 nitrogen and oxygen atoms in total. The molecule has 2 rings (SSSR count). The highest BCUT2D eigenvalue weighted by Gasteiger charge is 2.46. The van der Waals surface area contributed by atoms with Gasteiger partial charge in [-0.05, 0) is 18.6 Å². The van der Waals surface area contributed by atoms with E-state index in [9.17, 15) is 43.2 Å². The van der Waals surface area contributed by atoms with Gasteiger partial charge >= 0.3 is 11.0 Å². The summed E-state index contributed by atoms with van der Waals surface area (Å²) in [7, 11) is -13.4. The highest BCUT2D eigenvalue weighted by atomic mass is 32.3. The highest BCUT2D eigenvalue weighted by Crippen LogP contribution is 2.36. The van der Waals surface area contributed by atoms with Crippen molar-refractivity contribution >= 4 is 30.9 Å². The Bertz CT molecular complexity index is 1020. The van der Waals surface area contributed by atoms with Crippen LogP contribution in [0, 0.1) is 0 Å². The molecular formula is C17H20F6N2O4S2. The average Bonchev–Trinajstić information content (AvgIpc) is 2.63. The van der Waals surface area contributed by atoms with Crippen LogP contribution < -0.4 is 4.57 Å². The molecule has 31 heavy (non-hydrogen) atoms. The van der Waals surface area contributed by atoms with Crippen molar-refractivity contribution in [3.8, 4) is 0 Å². The first-order valence-corrected chi connectivity index (χ1v) is 11.7. The molecule has 2 aromatic rings. The number of benzene rings is 1. The minimum atomic E-state index is -6.72. The van der Waals surface area contributed by atoms with E-state index in [1.165, 1.54) is 36.6 Å². The van der Waals surface area contributed by atoms with E-state index < -0.39 is 31.1 Å². The molecule has 176 valence electrons. The lowest BCUT2D eigenvalue weighted by atomic mass is 10.2. The van der Waals surface area contributed by atoms with Gasteiger partial charge in [-0.1, -0.05) is 31.9 Å². The van der Waals surface area contributed by atoms with Crippen molar-refractivity contribution in [1.82, 2.24) is 0 Å². The zero-order chi connectivity index (χ0) is 23.9. The monoisotopic (exact) mass is 494 g/mol. The zero-order valence-corrected chi connectivity index (χ0v) is 17.8. The summed E-state index contributed by atoms with van der Waals surface area (Å²) in [5, 5.41) is 1.33. The third-order valence-corrected chi connectivity index (χ3v) is 6.56. The molecule has 0 unspecified atom stereocenters. The molecule has 0 spiro atoms. The fourth-order valence-electron chi connectivity index (χ4n) is 2.34. The Morgan fingerprint density at radius 2 is 1.32 bits per heavy atom. The van der Waals surface area contributed by atoms with Gasteiger partial charge in [0.1, 0.15) is 6.54 Å². The maximum Gasteiger partial charge on any atom is 0.480 e. The first-order chi connectivity index (χ1) is 14.1. The normalized spacial score (nSPS) is 13.0. The van der Waals surface area contributed by atoms with Crippen LogP contribution in [0.3, 0.4) is 0 Å². The highest BCUT2D eigenvalue weighted by molar-refractivity contribution is 8.13. The standard InChI is InChI=1S/C15H20N.C2F6NO4S2/c1-2-3-4-7-12-16-13-8-10-14-9-5-6-11-15(14)16;3-1(4,5)14(10,11)9-15(12,13)2(6,7)8/h5-6,8-11,13H,2-4,7,12H2,1H3;/q+1;-1. The van der Waals surface area contributed by atoms with Gasteiger partial charge in [-0.3, -0.25) is 0 Å². The van der Waals surface area contributed by atoms with Crippen molar-refractivity contribution in [3.05, 3.63) is 46.7 Å². The van der Waals surface area contributed by atoms with Gasteiger partial charge in [0.2, 0.25) is 5.52 Å². The maximum atomic E-state index is 11.4. The Morgan fingerprint density at radius 1 is 0.806 bits per heavy atom. The smallest absolute Gasteiger partial charge is 0.421 e. The second kappa shape index (κ2) is 10.6. The molecule has 0 bridgehead atoms. The fourth-order valence-corrected chi connectivity index (χ4v) is 4.05. The Hall–Kier alpha value is -1.93. The lowest BCUT2D eigenvalue weighted by Crippen LogP contribution is -2.33. The van der Waals surface area contributed by atoms with Crippen LogP contribution in [0.1, 0.15) is 32.6 Å². The Labute approximate surface area is 176 Å². The van der Waals surface area contributed by atoms with Crippen molar-refractivity contribution in [2.45, 2.75) is 50.2 Å². The molecule has 1 heterocycles. The topological polar surface area (TPSA) is 86.3 Å². The molecule has 0 amide bonds. The quantitative estimate of drug-likeness (QED) is 0.315. The molecule has 0 aliphatic heterocycles. The Morgan fingerprint density at radius 3 is 1.84 bits per heavy atom. The lowest BCUT2D eigenvalue weighted by Gasteiger charge is -2.22. The predicted octanol–water partition coefficient (Wildman–Crippen LogP) is 4.77. The van der Waals surface area contributed by atoms with Gasteiger partial charge in [-0.15, -0.1) is 0 Å². The summed E-state index contributed by atoms with van der Waals surface area (Å²) in [4.78, 5) is 0. The van der Waals surface area contributed by atoms with Gasteiger partial charge < -0.3 is 4.13 Å². The molecule has 0 aliphatic carbocycles. The van der Waals surface area contributed by atoms with Crippen LogP contribution in [-0.4, -0.2) is 27.9 Å². The molecule has 0 atom stereocenters. The van der Waals surface area contributed by atoms with Gasteiger partial charge in [0.05, 0.1) is 0 Å². The van der Waals surface area contributed by atoms with E-state index in [-0.39, 0.29) is 0 Å².